The highest BCUT2D eigenvalue weighted by Crippen LogP contribution is 2.25. The van der Waals surface area contributed by atoms with Gasteiger partial charge in [0.05, 0.1) is 0 Å². The highest BCUT2D eigenvalue weighted by molar-refractivity contribution is 7.79. The largest absolute Gasteiger partial charge is 0.249 e. The van der Waals surface area contributed by atoms with E-state index in [1.807, 2.05) is 12.1 Å². The standard InChI is InChI=1S/C13H14FNS/c1-8(2)12-6-9(7-16)10-4-3-5-11(14)13(10)15-12/h3-6,8,16H,7H2,1-2H3. The van der Waals surface area contributed by atoms with Gasteiger partial charge in [-0.25, -0.2) is 9.37 Å². The van der Waals surface area contributed by atoms with E-state index in [9.17, 15) is 4.39 Å². The molecule has 0 saturated heterocycles. The first kappa shape index (κ1) is 11.4. The van der Waals surface area contributed by atoms with E-state index in [0.717, 1.165) is 16.6 Å². The smallest absolute Gasteiger partial charge is 0.149 e. The van der Waals surface area contributed by atoms with Crippen LogP contribution in [0.1, 0.15) is 31.0 Å². The van der Waals surface area contributed by atoms with E-state index in [-0.39, 0.29) is 5.82 Å². The molecule has 0 saturated carbocycles. The third-order valence-corrected chi connectivity index (χ3v) is 3.00. The minimum absolute atomic E-state index is 0.261. The van der Waals surface area contributed by atoms with Crippen molar-refractivity contribution in [3.05, 3.63) is 41.3 Å². The Bertz CT molecular complexity index is 523. The maximum absolute atomic E-state index is 13.7. The van der Waals surface area contributed by atoms with Crippen LogP contribution in [0.25, 0.3) is 10.9 Å². The lowest BCUT2D eigenvalue weighted by atomic mass is 10.0. The predicted molar refractivity (Wildman–Crippen MR) is 68.5 cm³/mol. The second kappa shape index (κ2) is 4.42. The van der Waals surface area contributed by atoms with Crippen LogP contribution in [0.4, 0.5) is 4.39 Å². The number of fused-ring (bicyclic) bond motifs is 1. The molecule has 0 bridgehead atoms. The molecule has 2 rings (SSSR count). The second-order valence-electron chi connectivity index (χ2n) is 4.16. The summed E-state index contributed by atoms with van der Waals surface area (Å²) in [6.45, 7) is 4.11. The fraction of sp³-hybridized carbons (Fsp3) is 0.308. The summed E-state index contributed by atoms with van der Waals surface area (Å²) in [5, 5.41) is 0.861. The van der Waals surface area contributed by atoms with Crippen molar-refractivity contribution in [1.82, 2.24) is 4.98 Å². The first-order chi connectivity index (χ1) is 7.63. The van der Waals surface area contributed by atoms with E-state index in [1.54, 1.807) is 6.07 Å². The molecule has 2 aromatic rings. The number of hydrogen-bond acceptors (Lipinski definition) is 2. The van der Waals surface area contributed by atoms with Crippen LogP contribution in [0.5, 0.6) is 0 Å². The number of pyridine rings is 1. The SMILES string of the molecule is CC(C)c1cc(CS)c2cccc(F)c2n1. The minimum atomic E-state index is -0.261. The van der Waals surface area contributed by atoms with Gasteiger partial charge in [0.2, 0.25) is 0 Å². The molecule has 0 aliphatic carbocycles. The van der Waals surface area contributed by atoms with Crippen molar-refractivity contribution in [2.75, 3.05) is 0 Å². The predicted octanol–water partition coefficient (Wildman–Crippen LogP) is 3.93. The molecule has 1 aromatic heterocycles. The lowest BCUT2D eigenvalue weighted by molar-refractivity contribution is 0.635. The number of rotatable bonds is 2. The quantitative estimate of drug-likeness (QED) is 0.778. The number of hydrogen-bond donors (Lipinski definition) is 1. The number of aromatic nitrogens is 1. The molecule has 0 amide bonds. The Morgan fingerprint density at radius 2 is 2.12 bits per heavy atom. The molecule has 0 aliphatic rings. The normalized spacial score (nSPS) is 11.3. The highest BCUT2D eigenvalue weighted by Gasteiger charge is 2.10. The summed E-state index contributed by atoms with van der Waals surface area (Å²) in [6, 6.07) is 7.06. The Labute approximate surface area is 100 Å². The zero-order valence-electron chi connectivity index (χ0n) is 9.37. The van der Waals surface area contributed by atoms with E-state index >= 15 is 0 Å². The molecule has 0 fully saturated rings. The van der Waals surface area contributed by atoms with Crippen LogP contribution in [-0.4, -0.2) is 4.98 Å². The van der Waals surface area contributed by atoms with Gasteiger partial charge >= 0.3 is 0 Å². The van der Waals surface area contributed by atoms with E-state index in [4.69, 9.17) is 0 Å². The number of halogens is 1. The summed E-state index contributed by atoms with van der Waals surface area (Å²) in [7, 11) is 0. The van der Waals surface area contributed by atoms with Gasteiger partial charge in [-0.2, -0.15) is 12.6 Å². The average molecular weight is 235 g/mol. The molecular formula is C13H14FNS. The zero-order chi connectivity index (χ0) is 11.7. The second-order valence-corrected chi connectivity index (χ2v) is 4.47. The molecule has 1 aromatic carbocycles. The Balaban J connectivity index is 2.79. The molecule has 3 heteroatoms. The number of thiol groups is 1. The van der Waals surface area contributed by atoms with Gasteiger partial charge in [0.1, 0.15) is 11.3 Å². The molecule has 1 heterocycles. The summed E-state index contributed by atoms with van der Waals surface area (Å²) in [4.78, 5) is 4.37. The number of nitrogens with zero attached hydrogens (tertiary/aromatic N) is 1. The minimum Gasteiger partial charge on any atom is -0.249 e. The van der Waals surface area contributed by atoms with Crippen LogP contribution < -0.4 is 0 Å². The Hall–Kier alpha value is -1.09. The van der Waals surface area contributed by atoms with Crippen molar-refractivity contribution >= 4 is 23.5 Å². The first-order valence-corrected chi connectivity index (χ1v) is 5.95. The van der Waals surface area contributed by atoms with Gasteiger partial charge in [-0.1, -0.05) is 26.0 Å². The fourth-order valence-electron chi connectivity index (χ4n) is 1.73. The first-order valence-electron chi connectivity index (χ1n) is 5.32. The van der Waals surface area contributed by atoms with Gasteiger partial charge in [0.15, 0.2) is 0 Å². The van der Waals surface area contributed by atoms with Crippen LogP contribution in [-0.2, 0) is 5.75 Å². The van der Waals surface area contributed by atoms with Gasteiger partial charge in [-0.05, 0) is 23.6 Å². The third-order valence-electron chi connectivity index (χ3n) is 2.66. The van der Waals surface area contributed by atoms with Crippen molar-refractivity contribution in [2.24, 2.45) is 0 Å². The van der Waals surface area contributed by atoms with Crippen LogP contribution in [0.2, 0.25) is 0 Å². The molecule has 0 spiro atoms. The van der Waals surface area contributed by atoms with Crippen molar-refractivity contribution in [2.45, 2.75) is 25.5 Å². The van der Waals surface area contributed by atoms with E-state index in [2.05, 4.69) is 31.5 Å². The maximum Gasteiger partial charge on any atom is 0.149 e. The van der Waals surface area contributed by atoms with Gasteiger partial charge in [0, 0.05) is 16.8 Å². The molecule has 0 unspecified atom stereocenters. The lowest BCUT2D eigenvalue weighted by Crippen LogP contribution is -1.97. The molecule has 0 N–H and O–H groups in total. The van der Waals surface area contributed by atoms with Crippen molar-refractivity contribution < 1.29 is 4.39 Å². The molecule has 0 aliphatic heterocycles. The van der Waals surface area contributed by atoms with E-state index in [1.165, 1.54) is 6.07 Å². The van der Waals surface area contributed by atoms with Crippen molar-refractivity contribution in [3.63, 3.8) is 0 Å². The van der Waals surface area contributed by atoms with E-state index in [0.29, 0.717) is 17.2 Å². The van der Waals surface area contributed by atoms with E-state index < -0.39 is 0 Å². The number of benzene rings is 1. The van der Waals surface area contributed by atoms with Crippen LogP contribution in [0.3, 0.4) is 0 Å². The van der Waals surface area contributed by atoms with Crippen molar-refractivity contribution in [3.8, 4) is 0 Å². The summed E-state index contributed by atoms with van der Waals surface area (Å²) in [5.41, 5.74) is 2.41. The Kier molecular flexibility index (Phi) is 3.15. The molecular weight excluding hydrogens is 221 g/mol. The Morgan fingerprint density at radius 1 is 1.38 bits per heavy atom. The Morgan fingerprint density at radius 3 is 2.75 bits per heavy atom. The molecule has 16 heavy (non-hydrogen) atoms. The van der Waals surface area contributed by atoms with Crippen molar-refractivity contribution in [1.29, 1.82) is 0 Å². The topological polar surface area (TPSA) is 12.9 Å². The summed E-state index contributed by atoms with van der Waals surface area (Å²) >= 11 is 4.29. The summed E-state index contributed by atoms with van der Waals surface area (Å²) < 4.78 is 13.7. The lowest BCUT2D eigenvalue weighted by Gasteiger charge is -2.10. The van der Waals surface area contributed by atoms with Crippen LogP contribution in [0, 0.1) is 5.82 Å². The van der Waals surface area contributed by atoms with Crippen LogP contribution in [0.15, 0.2) is 24.3 Å². The maximum atomic E-state index is 13.7. The monoisotopic (exact) mass is 235 g/mol. The van der Waals surface area contributed by atoms with Gasteiger partial charge < -0.3 is 0 Å². The van der Waals surface area contributed by atoms with Gasteiger partial charge in [-0.3, -0.25) is 0 Å². The van der Waals surface area contributed by atoms with Crippen LogP contribution >= 0.6 is 12.6 Å². The highest BCUT2D eigenvalue weighted by atomic mass is 32.1. The molecule has 1 nitrogen and oxygen atoms in total. The third kappa shape index (κ3) is 1.92. The molecule has 0 radical (unpaired) electrons. The van der Waals surface area contributed by atoms with Gasteiger partial charge in [0.25, 0.3) is 0 Å². The molecule has 0 atom stereocenters. The molecule has 84 valence electrons. The summed E-state index contributed by atoms with van der Waals surface area (Å²) in [5.74, 6) is 0.632. The average Bonchev–Trinajstić information content (AvgIpc) is 2.28. The summed E-state index contributed by atoms with van der Waals surface area (Å²) in [6.07, 6.45) is 0. The van der Waals surface area contributed by atoms with Gasteiger partial charge in [-0.15, -0.1) is 0 Å². The zero-order valence-corrected chi connectivity index (χ0v) is 10.3. The number of para-hydroxylation sites is 1. The fourth-order valence-corrected chi connectivity index (χ4v) is 1.99.